The summed E-state index contributed by atoms with van der Waals surface area (Å²) in [6.45, 7) is 0.141. The lowest BCUT2D eigenvalue weighted by Gasteiger charge is -2.35. The van der Waals surface area contributed by atoms with Crippen LogP contribution in [0.4, 0.5) is 8.78 Å². The Morgan fingerprint density at radius 3 is 2.73 bits per heavy atom. The molecule has 0 amide bonds. The lowest BCUT2D eigenvalue weighted by molar-refractivity contribution is -0.0660. The third kappa shape index (κ3) is 2.32. The van der Waals surface area contributed by atoms with E-state index in [1.165, 1.54) is 0 Å². The molecule has 0 aromatic heterocycles. The van der Waals surface area contributed by atoms with Crippen molar-refractivity contribution in [3.63, 3.8) is 0 Å². The van der Waals surface area contributed by atoms with E-state index in [0.717, 1.165) is 0 Å². The SMILES string of the molecule is OCC1CC(F)(F)CCN1P. The topological polar surface area (TPSA) is 23.5 Å². The van der Waals surface area contributed by atoms with E-state index in [4.69, 9.17) is 5.11 Å². The molecule has 0 radical (unpaired) electrons. The van der Waals surface area contributed by atoms with Crippen molar-refractivity contribution < 1.29 is 13.9 Å². The van der Waals surface area contributed by atoms with E-state index >= 15 is 0 Å². The molecule has 2 nitrogen and oxygen atoms in total. The monoisotopic (exact) mass is 183 g/mol. The average Bonchev–Trinajstić information content (AvgIpc) is 1.94. The Kier molecular flexibility index (Phi) is 2.79. The largest absolute Gasteiger partial charge is 0.395 e. The third-order valence-electron chi connectivity index (χ3n) is 1.95. The molecule has 2 unspecified atom stereocenters. The zero-order chi connectivity index (χ0) is 8.48. The van der Waals surface area contributed by atoms with E-state index < -0.39 is 12.0 Å². The molecule has 1 aliphatic rings. The van der Waals surface area contributed by atoms with Gasteiger partial charge in [-0.05, 0) is 0 Å². The van der Waals surface area contributed by atoms with Gasteiger partial charge >= 0.3 is 0 Å². The molecule has 1 N–H and O–H groups in total. The highest BCUT2D eigenvalue weighted by molar-refractivity contribution is 7.13. The van der Waals surface area contributed by atoms with E-state index in [1.807, 2.05) is 0 Å². The van der Waals surface area contributed by atoms with Crippen molar-refractivity contribution in [1.29, 1.82) is 0 Å². The molecule has 0 saturated carbocycles. The molecule has 0 aromatic carbocycles. The van der Waals surface area contributed by atoms with Crippen LogP contribution in [0.15, 0.2) is 0 Å². The molecule has 2 atom stereocenters. The Hall–Kier alpha value is 0.210. The molecule has 0 spiro atoms. The molecule has 1 aliphatic heterocycles. The summed E-state index contributed by atoms with van der Waals surface area (Å²) in [6.07, 6.45) is -0.333. The highest BCUT2D eigenvalue weighted by Gasteiger charge is 2.38. The Labute approximate surface area is 66.8 Å². The third-order valence-corrected chi connectivity index (χ3v) is 2.63. The maximum atomic E-state index is 12.7. The first kappa shape index (κ1) is 9.30. The van der Waals surface area contributed by atoms with Crippen LogP contribution in [-0.2, 0) is 0 Å². The minimum atomic E-state index is -2.58. The van der Waals surface area contributed by atoms with Crippen molar-refractivity contribution in [2.75, 3.05) is 13.2 Å². The number of alkyl halides is 2. The zero-order valence-corrected chi connectivity index (χ0v) is 7.29. The van der Waals surface area contributed by atoms with Gasteiger partial charge in [-0.25, -0.2) is 8.78 Å². The normalized spacial score (nSPS) is 32.2. The summed E-state index contributed by atoms with van der Waals surface area (Å²) in [5.41, 5.74) is 0. The van der Waals surface area contributed by atoms with Crippen molar-refractivity contribution in [3.8, 4) is 0 Å². The number of hydrogen-bond donors (Lipinski definition) is 1. The first-order valence-electron chi connectivity index (χ1n) is 3.55. The van der Waals surface area contributed by atoms with Crippen LogP contribution in [0.1, 0.15) is 12.8 Å². The zero-order valence-electron chi connectivity index (χ0n) is 6.13. The minimum Gasteiger partial charge on any atom is -0.395 e. The lowest BCUT2D eigenvalue weighted by Crippen LogP contribution is -2.43. The van der Waals surface area contributed by atoms with Gasteiger partial charge in [0.2, 0.25) is 0 Å². The van der Waals surface area contributed by atoms with Gasteiger partial charge in [0, 0.05) is 25.4 Å². The summed E-state index contributed by atoms with van der Waals surface area (Å²) in [4.78, 5) is 0. The molecule has 0 aromatic rings. The molecule has 0 bridgehead atoms. The number of halogens is 2. The van der Waals surface area contributed by atoms with Crippen molar-refractivity contribution in [3.05, 3.63) is 0 Å². The van der Waals surface area contributed by atoms with Crippen LogP contribution in [0.25, 0.3) is 0 Å². The number of aliphatic hydroxyl groups is 1. The number of hydrogen-bond acceptors (Lipinski definition) is 2. The van der Waals surface area contributed by atoms with Crippen molar-refractivity contribution in [2.45, 2.75) is 24.8 Å². The molecule has 1 heterocycles. The second kappa shape index (κ2) is 3.30. The van der Waals surface area contributed by atoms with Crippen molar-refractivity contribution >= 4 is 9.39 Å². The second-order valence-corrected chi connectivity index (χ2v) is 3.55. The van der Waals surface area contributed by atoms with Crippen LogP contribution in [0.5, 0.6) is 0 Å². The predicted molar refractivity (Wildman–Crippen MR) is 41.5 cm³/mol. The number of nitrogens with zero attached hydrogens (tertiary/aromatic N) is 1. The van der Waals surface area contributed by atoms with E-state index in [9.17, 15) is 8.78 Å². The summed E-state index contributed by atoms with van der Waals surface area (Å²) in [5.74, 6) is -2.58. The molecule has 5 heteroatoms. The minimum absolute atomic E-state index is 0.104. The number of aliphatic hydroxyl groups excluding tert-OH is 1. The average molecular weight is 183 g/mol. The van der Waals surface area contributed by atoms with Crippen LogP contribution in [-0.4, -0.2) is 34.9 Å². The van der Waals surface area contributed by atoms with Gasteiger partial charge in [-0.1, -0.05) is 9.39 Å². The Balaban J connectivity index is 2.51. The van der Waals surface area contributed by atoms with Crippen LogP contribution < -0.4 is 0 Å². The molecule has 0 aliphatic carbocycles. The fourth-order valence-electron chi connectivity index (χ4n) is 1.21. The summed E-state index contributed by atoms with van der Waals surface area (Å²) >= 11 is 0. The van der Waals surface area contributed by atoms with Gasteiger partial charge < -0.3 is 5.11 Å². The van der Waals surface area contributed by atoms with Gasteiger partial charge in [-0.15, -0.1) is 0 Å². The first-order valence-corrected chi connectivity index (χ1v) is 4.07. The van der Waals surface area contributed by atoms with Crippen molar-refractivity contribution in [1.82, 2.24) is 4.67 Å². The predicted octanol–water partition coefficient (Wildman–Crippen LogP) is 0.869. The summed E-state index contributed by atoms with van der Waals surface area (Å²) in [6, 6.07) is -0.399. The Morgan fingerprint density at radius 1 is 1.64 bits per heavy atom. The number of piperidine rings is 1. The van der Waals surface area contributed by atoms with Crippen LogP contribution >= 0.6 is 9.39 Å². The lowest BCUT2D eigenvalue weighted by atomic mass is 10.0. The van der Waals surface area contributed by atoms with E-state index in [1.54, 1.807) is 4.67 Å². The highest BCUT2D eigenvalue weighted by Crippen LogP contribution is 2.32. The molecule has 11 heavy (non-hydrogen) atoms. The van der Waals surface area contributed by atoms with Gasteiger partial charge in [0.25, 0.3) is 5.92 Å². The molecular formula is C6H12F2NOP. The quantitative estimate of drug-likeness (QED) is 0.609. The van der Waals surface area contributed by atoms with Gasteiger partial charge in [-0.3, -0.25) is 4.67 Å². The van der Waals surface area contributed by atoms with Crippen LogP contribution in [0.2, 0.25) is 0 Å². The van der Waals surface area contributed by atoms with E-state index in [-0.39, 0.29) is 19.4 Å². The summed E-state index contributed by atoms with van der Waals surface area (Å²) in [7, 11) is 2.36. The van der Waals surface area contributed by atoms with Gasteiger partial charge in [-0.2, -0.15) is 0 Å². The molecule has 1 rings (SSSR count). The summed E-state index contributed by atoms with van der Waals surface area (Å²) in [5, 5.41) is 8.71. The van der Waals surface area contributed by atoms with Gasteiger partial charge in [0.1, 0.15) is 0 Å². The van der Waals surface area contributed by atoms with E-state index in [0.29, 0.717) is 6.54 Å². The van der Waals surface area contributed by atoms with Crippen LogP contribution in [0.3, 0.4) is 0 Å². The Bertz CT molecular complexity index is 145. The molecular weight excluding hydrogens is 171 g/mol. The first-order chi connectivity index (χ1) is 5.05. The Morgan fingerprint density at radius 2 is 2.27 bits per heavy atom. The fourth-order valence-corrected chi connectivity index (χ4v) is 1.54. The molecule has 1 saturated heterocycles. The summed E-state index contributed by atoms with van der Waals surface area (Å²) < 4.78 is 27.0. The van der Waals surface area contributed by atoms with Crippen molar-refractivity contribution in [2.24, 2.45) is 0 Å². The molecule has 1 fully saturated rings. The van der Waals surface area contributed by atoms with Gasteiger partial charge in [0.15, 0.2) is 0 Å². The fraction of sp³-hybridized carbons (Fsp3) is 1.00. The van der Waals surface area contributed by atoms with Gasteiger partial charge in [0.05, 0.1) is 6.61 Å². The van der Waals surface area contributed by atoms with E-state index in [2.05, 4.69) is 9.39 Å². The number of rotatable bonds is 1. The molecule has 66 valence electrons. The van der Waals surface area contributed by atoms with Crippen LogP contribution in [0, 0.1) is 0 Å². The smallest absolute Gasteiger partial charge is 0.251 e. The maximum absolute atomic E-state index is 12.7. The standard InChI is InChI=1S/C6H12F2NOP/c7-6(8)1-2-9(11)5(3-6)4-10/h5,10H,1-4,11H2. The highest BCUT2D eigenvalue weighted by atomic mass is 31.0. The second-order valence-electron chi connectivity index (χ2n) is 2.88. The maximum Gasteiger partial charge on any atom is 0.251 e.